The Morgan fingerprint density at radius 3 is 2.18 bits per heavy atom. The average molecular weight is 449 g/mol. The second-order valence-electron chi connectivity index (χ2n) is 8.72. The fourth-order valence-corrected chi connectivity index (χ4v) is 4.44. The Bertz CT molecular complexity index is 1070. The lowest BCUT2D eigenvalue weighted by molar-refractivity contribution is 0.289. The second kappa shape index (κ2) is 11.2. The Morgan fingerprint density at radius 1 is 0.879 bits per heavy atom. The van der Waals surface area contributed by atoms with Gasteiger partial charge in [-0.3, -0.25) is 0 Å². The summed E-state index contributed by atoms with van der Waals surface area (Å²) in [7, 11) is 0. The molecule has 3 aromatic carbocycles. The van der Waals surface area contributed by atoms with Crippen LogP contribution in [0.1, 0.15) is 50.7 Å². The molecule has 0 fully saturated rings. The van der Waals surface area contributed by atoms with Crippen molar-refractivity contribution < 1.29 is 8.78 Å². The van der Waals surface area contributed by atoms with Gasteiger partial charge in [-0.25, -0.2) is 8.78 Å². The molecule has 0 saturated carbocycles. The van der Waals surface area contributed by atoms with Crippen LogP contribution in [0.3, 0.4) is 0 Å². The van der Waals surface area contributed by atoms with Crippen molar-refractivity contribution in [3.05, 3.63) is 102 Å². The van der Waals surface area contributed by atoms with Crippen LogP contribution < -0.4 is 10.6 Å². The normalized spacial score (nSPS) is 11.4. The standard InChI is InChI=1S/C29H34F2N2/c1-5-16-29(17-6-2,32-20-22(4)33-27-14-15-28(31)21(3)18-27)25-12-10-23(11-13-25)24-8-7-9-26(30)19-24/h7-15,18-19,32-33H,4-6,16-17,20H2,1-3H3. The third-order valence-electron chi connectivity index (χ3n) is 6.07. The van der Waals surface area contributed by atoms with E-state index in [9.17, 15) is 8.78 Å². The molecule has 3 rings (SSSR count). The van der Waals surface area contributed by atoms with Crippen molar-refractivity contribution in [2.45, 2.75) is 52.0 Å². The lowest BCUT2D eigenvalue weighted by atomic mass is 9.81. The van der Waals surface area contributed by atoms with Crippen molar-refractivity contribution in [1.82, 2.24) is 5.32 Å². The molecular weight excluding hydrogens is 414 g/mol. The molecule has 0 bridgehead atoms. The number of hydrogen-bond donors (Lipinski definition) is 2. The molecule has 2 nitrogen and oxygen atoms in total. The summed E-state index contributed by atoms with van der Waals surface area (Å²) in [6, 6.07) is 20.1. The zero-order chi connectivity index (χ0) is 23.8. The lowest BCUT2D eigenvalue weighted by Gasteiger charge is -2.36. The van der Waals surface area contributed by atoms with Crippen LogP contribution in [0.5, 0.6) is 0 Å². The highest BCUT2D eigenvalue weighted by atomic mass is 19.1. The number of anilines is 1. The highest BCUT2D eigenvalue weighted by Gasteiger charge is 2.30. The van der Waals surface area contributed by atoms with Crippen molar-refractivity contribution in [2.75, 3.05) is 11.9 Å². The Morgan fingerprint density at radius 2 is 1.58 bits per heavy atom. The molecular formula is C29H34F2N2. The maximum Gasteiger partial charge on any atom is 0.126 e. The first kappa shape index (κ1) is 24.7. The first-order chi connectivity index (χ1) is 15.9. The molecule has 3 aromatic rings. The van der Waals surface area contributed by atoms with E-state index in [1.165, 1.54) is 17.7 Å². The van der Waals surface area contributed by atoms with Gasteiger partial charge in [-0.1, -0.05) is 69.7 Å². The van der Waals surface area contributed by atoms with Gasteiger partial charge < -0.3 is 10.6 Å². The van der Waals surface area contributed by atoms with Gasteiger partial charge in [0.1, 0.15) is 11.6 Å². The third-order valence-corrected chi connectivity index (χ3v) is 6.07. The largest absolute Gasteiger partial charge is 0.358 e. The molecule has 33 heavy (non-hydrogen) atoms. The van der Waals surface area contributed by atoms with Crippen molar-refractivity contribution in [3.8, 4) is 11.1 Å². The van der Waals surface area contributed by atoms with E-state index < -0.39 is 0 Å². The molecule has 2 N–H and O–H groups in total. The molecule has 0 saturated heterocycles. The number of nitrogens with one attached hydrogen (secondary N) is 2. The van der Waals surface area contributed by atoms with Crippen molar-refractivity contribution in [2.24, 2.45) is 0 Å². The van der Waals surface area contributed by atoms with E-state index in [2.05, 4.69) is 55.3 Å². The van der Waals surface area contributed by atoms with Gasteiger partial charge in [0.25, 0.3) is 0 Å². The van der Waals surface area contributed by atoms with Crippen LogP contribution in [0.15, 0.2) is 79.0 Å². The van der Waals surface area contributed by atoms with E-state index in [4.69, 9.17) is 0 Å². The minimum Gasteiger partial charge on any atom is -0.358 e. The summed E-state index contributed by atoms with van der Waals surface area (Å²) in [6.45, 7) is 10.9. The van der Waals surface area contributed by atoms with E-state index >= 15 is 0 Å². The minimum atomic E-state index is -0.230. The number of hydrogen-bond acceptors (Lipinski definition) is 2. The van der Waals surface area contributed by atoms with E-state index in [-0.39, 0.29) is 17.2 Å². The topological polar surface area (TPSA) is 24.1 Å². The van der Waals surface area contributed by atoms with E-state index in [0.29, 0.717) is 12.1 Å². The zero-order valence-corrected chi connectivity index (χ0v) is 19.8. The van der Waals surface area contributed by atoms with Gasteiger partial charge in [-0.05, 0) is 72.4 Å². The lowest BCUT2D eigenvalue weighted by Crippen LogP contribution is -2.43. The summed E-state index contributed by atoms with van der Waals surface area (Å²) < 4.78 is 27.2. The summed E-state index contributed by atoms with van der Waals surface area (Å²) in [4.78, 5) is 0. The van der Waals surface area contributed by atoms with Gasteiger partial charge in [-0.2, -0.15) is 0 Å². The number of rotatable bonds is 11. The number of benzene rings is 3. The molecule has 4 heteroatoms. The zero-order valence-electron chi connectivity index (χ0n) is 19.8. The molecule has 0 aliphatic carbocycles. The molecule has 0 aliphatic heterocycles. The van der Waals surface area contributed by atoms with Crippen molar-refractivity contribution in [1.29, 1.82) is 0 Å². The molecule has 0 spiro atoms. The summed E-state index contributed by atoms with van der Waals surface area (Å²) in [5, 5.41) is 7.06. The quantitative estimate of drug-likeness (QED) is 0.311. The highest BCUT2D eigenvalue weighted by molar-refractivity contribution is 5.64. The number of aryl methyl sites for hydroxylation is 1. The Hall–Kier alpha value is -2.98. The van der Waals surface area contributed by atoms with E-state index in [0.717, 1.165) is 48.2 Å². The average Bonchev–Trinajstić information content (AvgIpc) is 2.80. The van der Waals surface area contributed by atoms with Crippen LogP contribution in [-0.4, -0.2) is 6.54 Å². The van der Waals surface area contributed by atoms with Crippen LogP contribution in [0.4, 0.5) is 14.5 Å². The Balaban J connectivity index is 1.78. The van der Waals surface area contributed by atoms with Gasteiger partial charge in [0.2, 0.25) is 0 Å². The molecule has 0 atom stereocenters. The maximum absolute atomic E-state index is 13.7. The van der Waals surface area contributed by atoms with Gasteiger partial charge in [0.15, 0.2) is 0 Å². The van der Waals surface area contributed by atoms with E-state index in [1.54, 1.807) is 31.2 Å². The summed E-state index contributed by atoms with van der Waals surface area (Å²) in [5.74, 6) is -0.442. The molecule has 174 valence electrons. The molecule has 0 amide bonds. The monoisotopic (exact) mass is 448 g/mol. The van der Waals surface area contributed by atoms with Crippen LogP contribution in [0.25, 0.3) is 11.1 Å². The number of halogens is 2. The summed E-state index contributed by atoms with van der Waals surface area (Å²) in [5.41, 5.74) is 5.16. The molecule has 0 aromatic heterocycles. The third kappa shape index (κ3) is 6.29. The minimum absolute atomic E-state index is 0.187. The summed E-state index contributed by atoms with van der Waals surface area (Å²) in [6.07, 6.45) is 4.05. The molecule has 0 heterocycles. The van der Waals surface area contributed by atoms with Gasteiger partial charge in [0, 0.05) is 23.5 Å². The first-order valence-electron chi connectivity index (χ1n) is 11.7. The smallest absolute Gasteiger partial charge is 0.126 e. The Labute approximate surface area is 196 Å². The molecule has 0 unspecified atom stereocenters. The van der Waals surface area contributed by atoms with Crippen molar-refractivity contribution >= 4 is 5.69 Å². The van der Waals surface area contributed by atoms with Gasteiger partial charge in [-0.15, -0.1) is 0 Å². The van der Waals surface area contributed by atoms with Gasteiger partial charge in [0.05, 0.1) is 0 Å². The SMILES string of the molecule is C=C(CNC(CCC)(CCC)c1ccc(-c2cccc(F)c2)cc1)Nc1ccc(F)c(C)c1. The molecule has 0 radical (unpaired) electrons. The van der Waals surface area contributed by atoms with Gasteiger partial charge >= 0.3 is 0 Å². The van der Waals surface area contributed by atoms with E-state index in [1.807, 2.05) is 6.07 Å². The van der Waals surface area contributed by atoms with Crippen LogP contribution in [-0.2, 0) is 5.54 Å². The predicted molar refractivity (Wildman–Crippen MR) is 135 cm³/mol. The van der Waals surface area contributed by atoms with Crippen LogP contribution in [0, 0.1) is 18.6 Å². The first-order valence-corrected chi connectivity index (χ1v) is 11.7. The van der Waals surface area contributed by atoms with Crippen LogP contribution >= 0.6 is 0 Å². The second-order valence-corrected chi connectivity index (χ2v) is 8.72. The van der Waals surface area contributed by atoms with Crippen LogP contribution in [0.2, 0.25) is 0 Å². The predicted octanol–water partition coefficient (Wildman–Crippen LogP) is 7.95. The fraction of sp³-hybridized carbons (Fsp3) is 0.310. The summed E-state index contributed by atoms with van der Waals surface area (Å²) >= 11 is 0. The Kier molecular flexibility index (Phi) is 8.40. The van der Waals surface area contributed by atoms with Crippen molar-refractivity contribution in [3.63, 3.8) is 0 Å². The maximum atomic E-state index is 13.7. The molecule has 0 aliphatic rings. The highest BCUT2D eigenvalue weighted by Crippen LogP contribution is 2.33. The fourth-order valence-electron chi connectivity index (χ4n) is 4.44.